The Morgan fingerprint density at radius 2 is 2.25 bits per heavy atom. The third-order valence-electron chi connectivity index (χ3n) is 1.62. The van der Waals surface area contributed by atoms with Gasteiger partial charge in [0.15, 0.2) is 0 Å². The molecule has 70 valence electrons. The minimum Gasteiger partial charge on any atom is -0.382 e. The molecule has 4 heteroatoms. The van der Waals surface area contributed by atoms with Crippen LogP contribution in [-0.2, 0) is 6.54 Å². The first-order valence-electron chi connectivity index (χ1n) is 3.95. The summed E-state index contributed by atoms with van der Waals surface area (Å²) >= 11 is 0. The first kappa shape index (κ1) is 11.3. The van der Waals surface area contributed by atoms with Gasteiger partial charge in [0.05, 0.1) is 6.33 Å². The summed E-state index contributed by atoms with van der Waals surface area (Å²) in [6.45, 7) is 5.43. The number of aromatic nitrogens is 2. The van der Waals surface area contributed by atoms with Crippen molar-refractivity contribution >= 4 is 18.2 Å². The van der Waals surface area contributed by atoms with Crippen molar-refractivity contribution < 1.29 is 0 Å². The van der Waals surface area contributed by atoms with Gasteiger partial charge in [-0.3, -0.25) is 0 Å². The fraction of sp³-hybridized carbons (Fsp3) is 0.625. The fourth-order valence-electron chi connectivity index (χ4n) is 0.907. The van der Waals surface area contributed by atoms with E-state index in [2.05, 4.69) is 18.8 Å². The van der Waals surface area contributed by atoms with Gasteiger partial charge in [-0.25, -0.2) is 4.98 Å². The van der Waals surface area contributed by atoms with Gasteiger partial charge in [0.25, 0.3) is 0 Å². The van der Waals surface area contributed by atoms with E-state index < -0.39 is 0 Å². The number of anilines is 1. The Kier molecular flexibility index (Phi) is 4.74. The summed E-state index contributed by atoms with van der Waals surface area (Å²) in [4.78, 5) is 3.94. The molecule has 0 amide bonds. The van der Waals surface area contributed by atoms with E-state index in [4.69, 9.17) is 5.73 Å². The van der Waals surface area contributed by atoms with Crippen LogP contribution in [0.1, 0.15) is 20.3 Å². The first-order valence-corrected chi connectivity index (χ1v) is 3.95. The monoisotopic (exact) mass is 189 g/mol. The van der Waals surface area contributed by atoms with E-state index in [1.54, 1.807) is 6.33 Å². The number of nitrogen functional groups attached to an aromatic ring is 1. The predicted octanol–water partition coefficient (Wildman–Crippen LogP) is 1.93. The van der Waals surface area contributed by atoms with Crippen molar-refractivity contribution in [2.45, 2.75) is 26.8 Å². The fourth-order valence-corrected chi connectivity index (χ4v) is 0.907. The molecule has 0 bridgehead atoms. The van der Waals surface area contributed by atoms with Crippen molar-refractivity contribution in [3.63, 3.8) is 0 Å². The minimum atomic E-state index is 0. The molecule has 1 aromatic rings. The van der Waals surface area contributed by atoms with Crippen LogP contribution in [0.25, 0.3) is 0 Å². The van der Waals surface area contributed by atoms with Gasteiger partial charge >= 0.3 is 0 Å². The van der Waals surface area contributed by atoms with Crippen molar-refractivity contribution in [3.05, 3.63) is 12.5 Å². The molecule has 2 N–H and O–H groups in total. The summed E-state index contributed by atoms with van der Waals surface area (Å²) in [5, 5.41) is 0. The summed E-state index contributed by atoms with van der Waals surface area (Å²) in [6.07, 6.45) is 4.82. The lowest BCUT2D eigenvalue weighted by Gasteiger charge is -2.03. The topological polar surface area (TPSA) is 43.8 Å². The largest absolute Gasteiger partial charge is 0.382 e. The van der Waals surface area contributed by atoms with Crippen LogP contribution in [0.3, 0.4) is 0 Å². The van der Waals surface area contributed by atoms with Gasteiger partial charge in [-0.15, -0.1) is 12.4 Å². The Hall–Kier alpha value is -0.700. The normalized spacial score (nSPS) is 9.92. The molecule has 0 saturated heterocycles. The zero-order valence-electron chi connectivity index (χ0n) is 7.53. The maximum absolute atomic E-state index is 5.45. The van der Waals surface area contributed by atoms with Gasteiger partial charge in [0.1, 0.15) is 5.82 Å². The van der Waals surface area contributed by atoms with Crippen LogP contribution < -0.4 is 5.73 Å². The number of rotatable bonds is 3. The third kappa shape index (κ3) is 3.62. The maximum atomic E-state index is 5.45. The zero-order valence-corrected chi connectivity index (χ0v) is 8.34. The molecular weight excluding hydrogens is 174 g/mol. The molecule has 0 atom stereocenters. The van der Waals surface area contributed by atoms with Crippen LogP contribution in [-0.4, -0.2) is 9.55 Å². The summed E-state index contributed by atoms with van der Waals surface area (Å²) in [7, 11) is 0. The molecule has 0 aliphatic carbocycles. The van der Waals surface area contributed by atoms with Crippen LogP contribution in [0.5, 0.6) is 0 Å². The second-order valence-electron chi connectivity index (χ2n) is 3.22. The standard InChI is InChI=1S/C8H15N3.ClH/c1-7(2)3-4-11-5-8(9)10-6-11;/h5-7H,3-4,9H2,1-2H3;1H. The molecule has 1 heterocycles. The summed E-state index contributed by atoms with van der Waals surface area (Å²) in [5.74, 6) is 1.34. The van der Waals surface area contributed by atoms with Crippen molar-refractivity contribution in [2.75, 3.05) is 5.73 Å². The molecule has 12 heavy (non-hydrogen) atoms. The van der Waals surface area contributed by atoms with Gasteiger partial charge in [-0.05, 0) is 12.3 Å². The smallest absolute Gasteiger partial charge is 0.141 e. The molecule has 1 aromatic heterocycles. The lowest BCUT2D eigenvalue weighted by Crippen LogP contribution is -1.98. The van der Waals surface area contributed by atoms with E-state index in [9.17, 15) is 0 Å². The number of nitrogens with two attached hydrogens (primary N) is 1. The number of imidazole rings is 1. The maximum Gasteiger partial charge on any atom is 0.141 e. The zero-order chi connectivity index (χ0) is 8.27. The van der Waals surface area contributed by atoms with Crippen molar-refractivity contribution in [3.8, 4) is 0 Å². The highest BCUT2D eigenvalue weighted by Gasteiger charge is 1.96. The summed E-state index contributed by atoms with van der Waals surface area (Å²) in [5.41, 5.74) is 5.45. The van der Waals surface area contributed by atoms with E-state index >= 15 is 0 Å². The highest BCUT2D eigenvalue weighted by molar-refractivity contribution is 5.85. The molecule has 0 unspecified atom stereocenters. The average molecular weight is 190 g/mol. The number of hydrogen-bond acceptors (Lipinski definition) is 2. The number of nitrogens with zero attached hydrogens (tertiary/aromatic N) is 2. The average Bonchev–Trinajstić information content (AvgIpc) is 2.31. The van der Waals surface area contributed by atoms with Gasteiger partial charge in [-0.1, -0.05) is 13.8 Å². The number of halogens is 1. The van der Waals surface area contributed by atoms with Crippen molar-refractivity contribution in [1.82, 2.24) is 9.55 Å². The molecule has 0 aliphatic heterocycles. The van der Waals surface area contributed by atoms with E-state index in [1.165, 1.54) is 6.42 Å². The third-order valence-corrected chi connectivity index (χ3v) is 1.62. The first-order chi connectivity index (χ1) is 5.18. The highest BCUT2D eigenvalue weighted by atomic mass is 35.5. The van der Waals surface area contributed by atoms with Crippen LogP contribution in [0.4, 0.5) is 5.82 Å². The van der Waals surface area contributed by atoms with Crippen LogP contribution in [0, 0.1) is 5.92 Å². The van der Waals surface area contributed by atoms with Crippen LogP contribution in [0.15, 0.2) is 12.5 Å². The Morgan fingerprint density at radius 1 is 1.58 bits per heavy atom. The molecular formula is C8H16ClN3. The molecule has 0 aliphatic rings. The summed E-state index contributed by atoms with van der Waals surface area (Å²) in [6, 6.07) is 0. The Balaban J connectivity index is 0.00000121. The highest BCUT2D eigenvalue weighted by Crippen LogP contribution is 2.03. The van der Waals surface area contributed by atoms with Crippen molar-refractivity contribution in [2.24, 2.45) is 5.92 Å². The van der Waals surface area contributed by atoms with Gasteiger partial charge in [0.2, 0.25) is 0 Å². The molecule has 1 rings (SSSR count). The van der Waals surface area contributed by atoms with Crippen LogP contribution in [0.2, 0.25) is 0 Å². The van der Waals surface area contributed by atoms with Gasteiger partial charge in [-0.2, -0.15) is 0 Å². The predicted molar refractivity (Wildman–Crippen MR) is 53.3 cm³/mol. The quantitative estimate of drug-likeness (QED) is 0.790. The molecule has 0 fully saturated rings. The van der Waals surface area contributed by atoms with Crippen molar-refractivity contribution in [1.29, 1.82) is 0 Å². The number of aryl methyl sites for hydroxylation is 1. The number of hydrogen-bond donors (Lipinski definition) is 1. The second kappa shape index (κ2) is 5.04. The van der Waals surface area contributed by atoms with E-state index in [0.29, 0.717) is 5.82 Å². The Morgan fingerprint density at radius 3 is 2.67 bits per heavy atom. The molecule has 0 aromatic carbocycles. The molecule has 0 spiro atoms. The SMILES string of the molecule is CC(C)CCn1cnc(N)c1.Cl. The Bertz CT molecular complexity index is 220. The van der Waals surface area contributed by atoms with Crippen LogP contribution >= 0.6 is 12.4 Å². The van der Waals surface area contributed by atoms with E-state index in [0.717, 1.165) is 12.5 Å². The molecule has 3 nitrogen and oxygen atoms in total. The lowest BCUT2D eigenvalue weighted by atomic mass is 10.1. The molecule has 0 radical (unpaired) electrons. The minimum absolute atomic E-state index is 0. The second-order valence-corrected chi connectivity index (χ2v) is 3.22. The summed E-state index contributed by atoms with van der Waals surface area (Å²) < 4.78 is 2.02. The van der Waals surface area contributed by atoms with E-state index in [-0.39, 0.29) is 12.4 Å². The molecule has 0 saturated carbocycles. The Labute approximate surface area is 79.4 Å². The van der Waals surface area contributed by atoms with E-state index in [1.807, 2.05) is 10.8 Å². The van der Waals surface area contributed by atoms with Gasteiger partial charge < -0.3 is 10.3 Å². The van der Waals surface area contributed by atoms with Gasteiger partial charge in [0, 0.05) is 12.7 Å². The lowest BCUT2D eigenvalue weighted by molar-refractivity contribution is 0.516.